The molecule has 0 fully saturated rings. The van der Waals surface area contributed by atoms with Gasteiger partial charge in [0.1, 0.15) is 11.6 Å². The third-order valence-corrected chi connectivity index (χ3v) is 3.65. The second-order valence-electron chi connectivity index (χ2n) is 4.65. The van der Waals surface area contributed by atoms with Crippen LogP contribution in [-0.4, -0.2) is 16.7 Å². The van der Waals surface area contributed by atoms with Crippen LogP contribution in [0.2, 0.25) is 5.02 Å². The third-order valence-electron chi connectivity index (χ3n) is 3.41. The molecule has 0 bridgehead atoms. The number of ether oxygens (including phenoxy) is 1. The largest absolute Gasteiger partial charge is 0.496 e. The molecule has 5 heteroatoms. The van der Waals surface area contributed by atoms with Crippen LogP contribution in [0.3, 0.4) is 0 Å². The predicted octanol–water partition coefficient (Wildman–Crippen LogP) is 3.77. The van der Waals surface area contributed by atoms with E-state index < -0.39 is 0 Å². The lowest BCUT2D eigenvalue weighted by molar-refractivity contribution is 0.416. The number of nitriles is 1. The number of fused-ring (bicyclic) bond motifs is 1. The number of aromatic nitrogens is 2. The highest BCUT2D eigenvalue weighted by molar-refractivity contribution is 6.31. The van der Waals surface area contributed by atoms with Crippen LogP contribution >= 0.6 is 11.6 Å². The number of hydrogen-bond acceptors (Lipinski definition) is 3. The van der Waals surface area contributed by atoms with Gasteiger partial charge in [0, 0.05) is 12.1 Å². The summed E-state index contributed by atoms with van der Waals surface area (Å²) in [6.07, 6.45) is 0. The minimum Gasteiger partial charge on any atom is -0.496 e. The maximum atomic E-state index is 9.01. The molecule has 0 aliphatic carbocycles. The first kappa shape index (κ1) is 13.5. The quantitative estimate of drug-likeness (QED) is 0.723. The molecule has 3 rings (SSSR count). The molecule has 0 aliphatic heterocycles. The molecular weight excluding hydrogens is 286 g/mol. The summed E-state index contributed by atoms with van der Waals surface area (Å²) in [5.74, 6) is 1.46. The Morgan fingerprint density at radius 3 is 2.76 bits per heavy atom. The van der Waals surface area contributed by atoms with E-state index >= 15 is 0 Å². The van der Waals surface area contributed by atoms with Crippen molar-refractivity contribution in [1.29, 1.82) is 5.26 Å². The Labute approximate surface area is 127 Å². The van der Waals surface area contributed by atoms with Crippen molar-refractivity contribution in [2.75, 3.05) is 7.11 Å². The molecule has 0 aliphatic rings. The van der Waals surface area contributed by atoms with Crippen LogP contribution < -0.4 is 4.74 Å². The number of halogens is 1. The molecule has 0 atom stereocenters. The van der Waals surface area contributed by atoms with E-state index in [4.69, 9.17) is 21.6 Å². The zero-order valence-corrected chi connectivity index (χ0v) is 12.3. The smallest absolute Gasteiger partial charge is 0.144 e. The molecule has 0 spiro atoms. The normalized spacial score (nSPS) is 10.6. The van der Waals surface area contributed by atoms with Gasteiger partial charge in [0.15, 0.2) is 0 Å². The summed E-state index contributed by atoms with van der Waals surface area (Å²) in [6.45, 7) is 0. The number of methoxy groups -OCH3 is 1. The van der Waals surface area contributed by atoms with Crippen LogP contribution in [0.4, 0.5) is 0 Å². The predicted molar refractivity (Wildman–Crippen MR) is 82.4 cm³/mol. The second-order valence-corrected chi connectivity index (χ2v) is 5.09. The van der Waals surface area contributed by atoms with Crippen LogP contribution in [0, 0.1) is 11.3 Å². The fourth-order valence-electron chi connectivity index (χ4n) is 2.36. The van der Waals surface area contributed by atoms with Crippen molar-refractivity contribution in [1.82, 2.24) is 9.55 Å². The van der Waals surface area contributed by atoms with Crippen molar-refractivity contribution in [2.24, 2.45) is 7.05 Å². The average molecular weight is 298 g/mol. The number of nitrogens with zero attached hydrogens (tertiary/aromatic N) is 3. The molecular formula is C16H12ClN3O. The van der Waals surface area contributed by atoms with Gasteiger partial charge in [-0.1, -0.05) is 11.6 Å². The zero-order valence-electron chi connectivity index (χ0n) is 11.6. The highest BCUT2D eigenvalue weighted by atomic mass is 35.5. The first-order chi connectivity index (χ1) is 10.1. The molecule has 0 saturated heterocycles. The Morgan fingerprint density at radius 1 is 1.24 bits per heavy atom. The summed E-state index contributed by atoms with van der Waals surface area (Å²) < 4.78 is 7.32. The van der Waals surface area contributed by atoms with Crippen molar-refractivity contribution >= 4 is 22.6 Å². The molecule has 0 N–H and O–H groups in total. The highest BCUT2D eigenvalue weighted by Crippen LogP contribution is 2.33. The van der Waals surface area contributed by atoms with Gasteiger partial charge in [-0.3, -0.25) is 0 Å². The fourth-order valence-corrected chi connectivity index (χ4v) is 2.53. The monoisotopic (exact) mass is 297 g/mol. The van der Waals surface area contributed by atoms with E-state index in [2.05, 4.69) is 11.1 Å². The van der Waals surface area contributed by atoms with Gasteiger partial charge >= 0.3 is 0 Å². The summed E-state index contributed by atoms with van der Waals surface area (Å²) in [5.41, 5.74) is 3.15. The van der Waals surface area contributed by atoms with Crippen LogP contribution in [0.5, 0.6) is 5.75 Å². The molecule has 2 aromatic carbocycles. The summed E-state index contributed by atoms with van der Waals surface area (Å²) in [7, 11) is 3.52. The first-order valence-corrected chi connectivity index (χ1v) is 6.72. The van der Waals surface area contributed by atoms with Gasteiger partial charge < -0.3 is 9.30 Å². The number of rotatable bonds is 2. The summed E-state index contributed by atoms with van der Waals surface area (Å²) in [5, 5.41) is 9.63. The molecule has 104 valence electrons. The second kappa shape index (κ2) is 5.12. The SMILES string of the molecule is COc1ccc(Cl)cc1-c1nc2ccc(C#N)cc2n1C. The van der Waals surface area contributed by atoms with E-state index in [0.717, 1.165) is 22.4 Å². The van der Waals surface area contributed by atoms with Gasteiger partial charge in [-0.2, -0.15) is 5.26 Å². The summed E-state index contributed by atoms with van der Waals surface area (Å²) >= 11 is 6.09. The lowest BCUT2D eigenvalue weighted by atomic mass is 10.2. The Balaban J connectivity index is 2.29. The first-order valence-electron chi connectivity index (χ1n) is 6.34. The average Bonchev–Trinajstić information content (AvgIpc) is 2.83. The van der Waals surface area contributed by atoms with Gasteiger partial charge in [-0.15, -0.1) is 0 Å². The van der Waals surface area contributed by atoms with Gasteiger partial charge in [0.25, 0.3) is 0 Å². The van der Waals surface area contributed by atoms with E-state index in [0.29, 0.717) is 16.3 Å². The number of hydrogen-bond donors (Lipinski definition) is 0. The van der Waals surface area contributed by atoms with E-state index in [1.54, 1.807) is 19.2 Å². The molecule has 0 amide bonds. The van der Waals surface area contributed by atoms with E-state index in [9.17, 15) is 0 Å². The van der Waals surface area contributed by atoms with E-state index in [-0.39, 0.29) is 0 Å². The van der Waals surface area contributed by atoms with Gasteiger partial charge in [-0.25, -0.2) is 4.98 Å². The van der Waals surface area contributed by atoms with Crippen molar-refractivity contribution in [3.63, 3.8) is 0 Å². The minimum atomic E-state index is 0.607. The Bertz CT molecular complexity index is 877. The van der Waals surface area contributed by atoms with Crippen LogP contribution in [0.15, 0.2) is 36.4 Å². The molecule has 1 heterocycles. The molecule has 0 unspecified atom stereocenters. The van der Waals surface area contributed by atoms with E-state index in [1.165, 1.54) is 0 Å². The summed E-state index contributed by atoms with van der Waals surface area (Å²) in [4.78, 5) is 4.62. The van der Waals surface area contributed by atoms with E-state index in [1.807, 2.05) is 35.9 Å². The minimum absolute atomic E-state index is 0.607. The van der Waals surface area contributed by atoms with Crippen LogP contribution in [-0.2, 0) is 7.05 Å². The van der Waals surface area contributed by atoms with Crippen molar-refractivity contribution < 1.29 is 4.74 Å². The number of benzene rings is 2. The molecule has 4 nitrogen and oxygen atoms in total. The number of imidazole rings is 1. The molecule has 3 aromatic rings. The van der Waals surface area contributed by atoms with Gasteiger partial charge in [0.05, 0.1) is 35.3 Å². The molecule has 0 radical (unpaired) electrons. The lowest BCUT2D eigenvalue weighted by Crippen LogP contribution is -1.95. The summed E-state index contributed by atoms with van der Waals surface area (Å²) in [6, 6.07) is 13.0. The maximum Gasteiger partial charge on any atom is 0.144 e. The third kappa shape index (κ3) is 2.22. The maximum absolute atomic E-state index is 9.01. The van der Waals surface area contributed by atoms with Crippen molar-refractivity contribution in [2.45, 2.75) is 0 Å². The van der Waals surface area contributed by atoms with Crippen LogP contribution in [0.1, 0.15) is 5.56 Å². The Morgan fingerprint density at radius 2 is 2.05 bits per heavy atom. The molecule has 0 saturated carbocycles. The van der Waals surface area contributed by atoms with Gasteiger partial charge in [0.2, 0.25) is 0 Å². The Kier molecular flexibility index (Phi) is 3.28. The topological polar surface area (TPSA) is 50.8 Å². The molecule has 21 heavy (non-hydrogen) atoms. The fraction of sp³-hybridized carbons (Fsp3) is 0.125. The van der Waals surface area contributed by atoms with Crippen molar-refractivity contribution in [3.05, 3.63) is 47.0 Å². The standard InChI is InChI=1S/C16H12ClN3O/c1-20-14-7-10(9-18)3-5-13(14)19-16(20)12-8-11(17)4-6-15(12)21-2/h3-8H,1-2H3. The molecule has 1 aromatic heterocycles. The zero-order chi connectivity index (χ0) is 15.0. The van der Waals surface area contributed by atoms with Gasteiger partial charge in [-0.05, 0) is 36.4 Å². The highest BCUT2D eigenvalue weighted by Gasteiger charge is 2.15. The van der Waals surface area contributed by atoms with Crippen molar-refractivity contribution in [3.8, 4) is 23.2 Å². The number of aryl methyl sites for hydroxylation is 1. The van der Waals surface area contributed by atoms with Crippen LogP contribution in [0.25, 0.3) is 22.4 Å². The lowest BCUT2D eigenvalue weighted by Gasteiger charge is -2.09. The Hall–Kier alpha value is -2.51.